The van der Waals surface area contributed by atoms with E-state index >= 15 is 0 Å². The summed E-state index contributed by atoms with van der Waals surface area (Å²) in [5.41, 5.74) is 2.03. The van der Waals surface area contributed by atoms with Crippen molar-refractivity contribution in [1.82, 2.24) is 4.98 Å². The third kappa shape index (κ3) is 4.37. The molecule has 0 aliphatic rings. The van der Waals surface area contributed by atoms with Crippen LogP contribution in [0.1, 0.15) is 6.92 Å². The van der Waals surface area contributed by atoms with Crippen molar-refractivity contribution in [3.8, 4) is 17.0 Å². The van der Waals surface area contributed by atoms with Crippen LogP contribution in [0.25, 0.3) is 11.3 Å². The predicted molar refractivity (Wildman–Crippen MR) is 95.2 cm³/mol. The number of carbonyl (C=O) groups excluding carboxylic acids is 1. The fraction of sp³-hybridized carbons (Fsp3) is 0.118. The molecule has 0 aliphatic heterocycles. The molecule has 1 aromatic carbocycles. The number of aliphatic imine (C=N–C) groups is 1. The predicted octanol–water partition coefficient (Wildman–Crippen LogP) is 3.92. The summed E-state index contributed by atoms with van der Waals surface area (Å²) in [7, 11) is 1.62. The van der Waals surface area contributed by atoms with Crippen LogP contribution >= 0.6 is 11.3 Å². The van der Waals surface area contributed by atoms with Crippen molar-refractivity contribution in [2.45, 2.75) is 6.92 Å². The normalized spacial score (nSPS) is 11.5. The van der Waals surface area contributed by atoms with Gasteiger partial charge >= 0.3 is 0 Å². The molecule has 2 rings (SSSR count). The summed E-state index contributed by atoms with van der Waals surface area (Å²) in [6.07, 6.45) is 4.70. The van der Waals surface area contributed by atoms with Gasteiger partial charge in [0.05, 0.1) is 12.8 Å². The highest BCUT2D eigenvalue weighted by Crippen LogP contribution is 2.26. The lowest BCUT2D eigenvalue weighted by molar-refractivity contribution is -0.110. The number of carbonyl (C=O) groups is 1. The first-order valence-corrected chi connectivity index (χ1v) is 7.78. The molecular formula is C17H17N3O2S. The molecule has 0 bridgehead atoms. The number of benzene rings is 1. The quantitative estimate of drug-likeness (QED) is 0.818. The van der Waals surface area contributed by atoms with E-state index < -0.39 is 0 Å². The topological polar surface area (TPSA) is 63.6 Å². The number of allylic oxidation sites excluding steroid dienone is 1. The van der Waals surface area contributed by atoms with Gasteiger partial charge in [0.15, 0.2) is 5.13 Å². The number of nitrogens with one attached hydrogen (secondary N) is 1. The average Bonchev–Trinajstić information content (AvgIpc) is 3.03. The molecule has 1 amide bonds. The number of rotatable bonds is 6. The third-order valence-corrected chi connectivity index (χ3v) is 3.66. The molecule has 0 aliphatic carbocycles. The number of amides is 1. The summed E-state index contributed by atoms with van der Waals surface area (Å²) in [5, 5.41) is 5.14. The van der Waals surface area contributed by atoms with Gasteiger partial charge in [0, 0.05) is 17.1 Å². The zero-order chi connectivity index (χ0) is 16.7. The summed E-state index contributed by atoms with van der Waals surface area (Å²) in [6, 6.07) is 7.58. The van der Waals surface area contributed by atoms with Crippen LogP contribution in [0, 0.1) is 0 Å². The number of hydrogen-bond donors (Lipinski definition) is 1. The largest absolute Gasteiger partial charge is 0.497 e. The van der Waals surface area contributed by atoms with Crippen molar-refractivity contribution in [2.75, 3.05) is 12.4 Å². The second kappa shape index (κ2) is 8.05. The van der Waals surface area contributed by atoms with Gasteiger partial charge in [0.25, 0.3) is 5.91 Å². The van der Waals surface area contributed by atoms with Gasteiger partial charge in [-0.15, -0.1) is 11.3 Å². The fourth-order valence-electron chi connectivity index (χ4n) is 1.82. The highest BCUT2D eigenvalue weighted by Gasteiger charge is 2.11. The monoisotopic (exact) mass is 327 g/mol. The van der Waals surface area contributed by atoms with E-state index in [0.717, 1.165) is 17.0 Å². The Labute approximate surface area is 139 Å². The minimum Gasteiger partial charge on any atom is -0.497 e. The van der Waals surface area contributed by atoms with Crippen LogP contribution in [0.4, 0.5) is 5.13 Å². The first-order chi connectivity index (χ1) is 11.2. The molecule has 5 nitrogen and oxygen atoms in total. The minimum atomic E-state index is -0.321. The number of aromatic nitrogens is 1. The van der Waals surface area contributed by atoms with Crippen LogP contribution in [-0.2, 0) is 4.79 Å². The summed E-state index contributed by atoms with van der Waals surface area (Å²) < 4.78 is 5.13. The van der Waals surface area contributed by atoms with Gasteiger partial charge in [-0.25, -0.2) is 4.98 Å². The van der Waals surface area contributed by atoms with E-state index in [1.807, 2.05) is 36.6 Å². The Balaban J connectivity index is 2.14. The first kappa shape index (κ1) is 16.6. The Morgan fingerprint density at radius 1 is 1.39 bits per heavy atom. The van der Waals surface area contributed by atoms with Crippen LogP contribution in [-0.4, -0.2) is 23.7 Å². The summed E-state index contributed by atoms with van der Waals surface area (Å²) >= 11 is 1.36. The Bertz CT molecular complexity index is 745. The molecule has 118 valence electrons. The van der Waals surface area contributed by atoms with Crippen LogP contribution in [0.15, 0.2) is 59.6 Å². The Kier molecular flexibility index (Phi) is 5.82. The SMILES string of the molecule is C=CN=C(/C=C\C)C(=O)Nc1nc(-c2ccc(OC)cc2)cs1. The van der Waals surface area contributed by atoms with E-state index in [1.165, 1.54) is 17.5 Å². The highest BCUT2D eigenvalue weighted by atomic mass is 32.1. The first-order valence-electron chi connectivity index (χ1n) is 6.90. The smallest absolute Gasteiger partial charge is 0.276 e. The molecule has 0 saturated carbocycles. The molecule has 23 heavy (non-hydrogen) atoms. The van der Waals surface area contributed by atoms with Gasteiger partial charge in [-0.05, 0) is 37.3 Å². The van der Waals surface area contributed by atoms with Gasteiger partial charge in [-0.1, -0.05) is 12.7 Å². The maximum Gasteiger partial charge on any atom is 0.276 e. The zero-order valence-corrected chi connectivity index (χ0v) is 13.8. The van der Waals surface area contributed by atoms with Crippen molar-refractivity contribution in [2.24, 2.45) is 4.99 Å². The van der Waals surface area contributed by atoms with E-state index in [4.69, 9.17) is 4.74 Å². The minimum absolute atomic E-state index is 0.281. The summed E-state index contributed by atoms with van der Waals surface area (Å²) in [5.74, 6) is 0.466. The molecule has 0 unspecified atom stereocenters. The van der Waals surface area contributed by atoms with E-state index in [-0.39, 0.29) is 11.6 Å². The molecule has 2 aromatic rings. The van der Waals surface area contributed by atoms with Gasteiger partial charge in [0.2, 0.25) is 0 Å². The number of anilines is 1. The summed E-state index contributed by atoms with van der Waals surface area (Å²) in [4.78, 5) is 20.5. The second-order valence-corrected chi connectivity index (χ2v) is 5.28. The van der Waals surface area contributed by atoms with Crippen LogP contribution in [0.2, 0.25) is 0 Å². The van der Waals surface area contributed by atoms with Crippen molar-refractivity contribution in [1.29, 1.82) is 0 Å². The number of nitrogens with zero attached hydrogens (tertiary/aromatic N) is 2. The van der Waals surface area contributed by atoms with Crippen molar-refractivity contribution in [3.05, 3.63) is 54.6 Å². The average molecular weight is 327 g/mol. The Morgan fingerprint density at radius 2 is 2.13 bits per heavy atom. The van der Waals surface area contributed by atoms with Crippen LogP contribution < -0.4 is 10.1 Å². The maximum absolute atomic E-state index is 12.1. The summed E-state index contributed by atoms with van der Waals surface area (Å²) in [6.45, 7) is 5.32. The molecule has 1 heterocycles. The molecule has 0 saturated heterocycles. The van der Waals surface area contributed by atoms with Crippen molar-refractivity contribution in [3.63, 3.8) is 0 Å². The van der Waals surface area contributed by atoms with E-state index in [2.05, 4.69) is 21.9 Å². The second-order valence-electron chi connectivity index (χ2n) is 4.42. The van der Waals surface area contributed by atoms with Crippen molar-refractivity contribution < 1.29 is 9.53 Å². The third-order valence-electron chi connectivity index (χ3n) is 2.90. The number of ether oxygens (including phenoxy) is 1. The lowest BCUT2D eigenvalue weighted by Gasteiger charge is -2.01. The molecule has 0 spiro atoms. The molecular weight excluding hydrogens is 310 g/mol. The Hall–Kier alpha value is -2.73. The number of methoxy groups -OCH3 is 1. The van der Waals surface area contributed by atoms with Crippen LogP contribution in [0.3, 0.4) is 0 Å². The van der Waals surface area contributed by atoms with E-state index in [0.29, 0.717) is 5.13 Å². The molecule has 1 N–H and O–H groups in total. The zero-order valence-electron chi connectivity index (χ0n) is 12.9. The van der Waals surface area contributed by atoms with E-state index in [1.54, 1.807) is 19.3 Å². The van der Waals surface area contributed by atoms with Crippen LogP contribution in [0.5, 0.6) is 5.75 Å². The standard InChI is InChI=1S/C17H17N3O2S/c1-4-6-14(18-5-2)16(21)20-17-19-15(11-23-17)12-7-9-13(22-3)10-8-12/h4-11H,2H2,1,3H3,(H,19,20,21)/b6-4-,18-14?. The number of hydrogen-bond acceptors (Lipinski definition) is 5. The lowest BCUT2D eigenvalue weighted by atomic mass is 10.2. The molecule has 6 heteroatoms. The molecule has 0 radical (unpaired) electrons. The highest BCUT2D eigenvalue weighted by molar-refractivity contribution is 7.14. The van der Waals surface area contributed by atoms with Crippen molar-refractivity contribution >= 4 is 28.1 Å². The fourth-order valence-corrected chi connectivity index (χ4v) is 2.53. The van der Waals surface area contributed by atoms with Gasteiger partial charge in [-0.2, -0.15) is 0 Å². The maximum atomic E-state index is 12.1. The van der Waals surface area contributed by atoms with Gasteiger partial charge in [0.1, 0.15) is 11.5 Å². The molecule has 0 fully saturated rings. The number of thiazole rings is 1. The molecule has 1 aromatic heterocycles. The Morgan fingerprint density at radius 3 is 2.74 bits per heavy atom. The lowest BCUT2D eigenvalue weighted by Crippen LogP contribution is -2.20. The van der Waals surface area contributed by atoms with Gasteiger partial charge in [-0.3, -0.25) is 15.1 Å². The molecule has 0 atom stereocenters. The van der Waals surface area contributed by atoms with Gasteiger partial charge < -0.3 is 4.74 Å². The van der Waals surface area contributed by atoms with E-state index in [9.17, 15) is 4.79 Å².